The van der Waals surface area contributed by atoms with E-state index < -0.39 is 29.6 Å². The molecule has 0 radical (unpaired) electrons. The summed E-state index contributed by atoms with van der Waals surface area (Å²) < 4.78 is 23.9. The highest BCUT2D eigenvalue weighted by Crippen LogP contribution is 2.31. The molecule has 2 aromatic carbocycles. The molecule has 1 heterocycles. The highest BCUT2D eigenvalue weighted by atomic mass is 19.1. The van der Waals surface area contributed by atoms with E-state index in [-0.39, 0.29) is 29.7 Å². The van der Waals surface area contributed by atoms with Crippen LogP contribution in [0.1, 0.15) is 31.2 Å². The van der Waals surface area contributed by atoms with Crippen LogP contribution in [0.15, 0.2) is 48.0 Å². The lowest BCUT2D eigenvalue weighted by atomic mass is 10.0. The summed E-state index contributed by atoms with van der Waals surface area (Å²) in [5, 5.41) is 4.83. The van der Waals surface area contributed by atoms with Crippen LogP contribution in [0.4, 0.5) is 14.9 Å². The molecule has 9 nitrogen and oxygen atoms in total. The number of barbiturate groups is 1. The van der Waals surface area contributed by atoms with Crippen LogP contribution in [0.2, 0.25) is 0 Å². The van der Waals surface area contributed by atoms with Gasteiger partial charge in [0.15, 0.2) is 18.1 Å². The minimum absolute atomic E-state index is 0.147. The van der Waals surface area contributed by atoms with Gasteiger partial charge in [-0.2, -0.15) is 0 Å². The van der Waals surface area contributed by atoms with E-state index in [4.69, 9.17) is 9.47 Å². The van der Waals surface area contributed by atoms with Crippen LogP contribution < -0.4 is 20.1 Å². The van der Waals surface area contributed by atoms with Crippen molar-refractivity contribution in [1.82, 2.24) is 10.2 Å². The summed E-state index contributed by atoms with van der Waals surface area (Å²) in [5.41, 5.74) is 0.754. The zero-order valence-corrected chi connectivity index (χ0v) is 19.0. The summed E-state index contributed by atoms with van der Waals surface area (Å²) in [6.45, 7) is -0.326. The number of methoxy groups -OCH3 is 1. The highest BCUT2D eigenvalue weighted by Gasteiger charge is 2.40. The third kappa shape index (κ3) is 5.48. The third-order valence-electron chi connectivity index (χ3n) is 5.81. The minimum atomic E-state index is -0.758. The number of carbonyl (C=O) groups excluding carboxylic acids is 4. The zero-order chi connectivity index (χ0) is 24.9. The first-order valence-electron chi connectivity index (χ1n) is 11.1. The lowest BCUT2D eigenvalue weighted by Gasteiger charge is -2.31. The summed E-state index contributed by atoms with van der Waals surface area (Å²) in [6, 6.07) is 9.10. The molecule has 5 amide bonds. The summed E-state index contributed by atoms with van der Waals surface area (Å²) in [4.78, 5) is 50.9. The molecule has 1 saturated carbocycles. The van der Waals surface area contributed by atoms with Crippen molar-refractivity contribution in [3.05, 3.63) is 59.4 Å². The molecule has 35 heavy (non-hydrogen) atoms. The fraction of sp³-hybridized carbons (Fsp3) is 0.280. The predicted octanol–water partition coefficient (Wildman–Crippen LogP) is 3.26. The zero-order valence-electron chi connectivity index (χ0n) is 19.0. The van der Waals surface area contributed by atoms with Gasteiger partial charge in [-0.3, -0.25) is 24.6 Å². The molecule has 2 aliphatic rings. The second kappa shape index (κ2) is 10.4. The normalized spacial score (nSPS) is 17.5. The molecule has 182 valence electrons. The van der Waals surface area contributed by atoms with Crippen LogP contribution in [0.25, 0.3) is 6.08 Å². The summed E-state index contributed by atoms with van der Waals surface area (Å²) in [6.07, 6.45) is 4.68. The molecule has 2 fully saturated rings. The van der Waals surface area contributed by atoms with Crippen LogP contribution in [-0.2, 0) is 14.4 Å². The summed E-state index contributed by atoms with van der Waals surface area (Å²) in [5.74, 6) is -1.70. The number of ether oxygens (including phenoxy) is 2. The van der Waals surface area contributed by atoms with E-state index in [0.29, 0.717) is 11.3 Å². The number of nitrogens with zero attached hydrogens (tertiary/aromatic N) is 1. The Labute approximate surface area is 200 Å². The molecular weight excluding hydrogens is 457 g/mol. The fourth-order valence-electron chi connectivity index (χ4n) is 4.10. The fourth-order valence-corrected chi connectivity index (χ4v) is 4.10. The molecule has 0 bridgehead atoms. The quantitative estimate of drug-likeness (QED) is 0.464. The highest BCUT2D eigenvalue weighted by molar-refractivity contribution is 6.31. The second-order valence-corrected chi connectivity index (χ2v) is 8.18. The molecule has 0 atom stereocenters. The maximum atomic E-state index is 13.0. The average Bonchev–Trinajstić information content (AvgIpc) is 3.36. The molecule has 1 aliphatic heterocycles. The average molecular weight is 481 g/mol. The number of benzene rings is 2. The van der Waals surface area contributed by atoms with E-state index >= 15 is 0 Å². The molecule has 2 aromatic rings. The van der Waals surface area contributed by atoms with Gasteiger partial charge in [0.25, 0.3) is 17.7 Å². The number of anilines is 1. The molecule has 4 rings (SSSR count). The van der Waals surface area contributed by atoms with Gasteiger partial charge in [0.2, 0.25) is 0 Å². The monoisotopic (exact) mass is 481 g/mol. The van der Waals surface area contributed by atoms with E-state index in [1.165, 1.54) is 37.5 Å². The topological polar surface area (TPSA) is 114 Å². The Kier molecular flexibility index (Phi) is 7.09. The van der Waals surface area contributed by atoms with Crippen molar-refractivity contribution in [1.29, 1.82) is 0 Å². The van der Waals surface area contributed by atoms with E-state index in [1.54, 1.807) is 18.2 Å². The number of hydrogen-bond acceptors (Lipinski definition) is 6. The Morgan fingerprint density at radius 2 is 1.83 bits per heavy atom. The van der Waals surface area contributed by atoms with Crippen molar-refractivity contribution in [3.63, 3.8) is 0 Å². The smallest absolute Gasteiger partial charge is 0.331 e. The molecule has 2 N–H and O–H groups in total. The Hall–Kier alpha value is -4.21. The lowest BCUT2D eigenvalue weighted by molar-refractivity contribution is -0.131. The van der Waals surface area contributed by atoms with Gasteiger partial charge in [-0.25, -0.2) is 9.18 Å². The Bertz CT molecular complexity index is 1190. The van der Waals surface area contributed by atoms with Crippen molar-refractivity contribution in [2.24, 2.45) is 0 Å². The Morgan fingerprint density at radius 3 is 2.51 bits per heavy atom. The standard InChI is InChI=1S/C25H24FN3O6/c1-34-21-13-15(6-11-20(21)35-14-22(30)27-17-9-7-16(26)8-10-17)12-19-23(31)28-25(33)29(24(19)32)18-4-2-3-5-18/h6-13,18H,2-5,14H2,1H3,(H,27,30)(H,28,31,33)/b19-12+. The Balaban J connectivity index is 1.46. The first-order chi connectivity index (χ1) is 16.9. The van der Waals surface area contributed by atoms with Crippen LogP contribution in [0, 0.1) is 5.82 Å². The molecule has 0 aromatic heterocycles. The van der Waals surface area contributed by atoms with Gasteiger partial charge >= 0.3 is 6.03 Å². The van der Waals surface area contributed by atoms with Gasteiger partial charge in [0, 0.05) is 11.7 Å². The molecule has 10 heteroatoms. The first kappa shape index (κ1) is 23.9. The van der Waals surface area contributed by atoms with Gasteiger partial charge in [0.1, 0.15) is 11.4 Å². The van der Waals surface area contributed by atoms with Crippen molar-refractivity contribution in [2.75, 3.05) is 19.0 Å². The minimum Gasteiger partial charge on any atom is -0.493 e. The molecule has 0 spiro atoms. The van der Waals surface area contributed by atoms with Crippen LogP contribution in [-0.4, -0.2) is 48.4 Å². The number of amides is 5. The van der Waals surface area contributed by atoms with E-state index in [1.807, 2.05) is 0 Å². The lowest BCUT2D eigenvalue weighted by Crippen LogP contribution is -2.57. The van der Waals surface area contributed by atoms with Crippen molar-refractivity contribution in [3.8, 4) is 11.5 Å². The number of nitrogens with one attached hydrogen (secondary N) is 2. The number of rotatable bonds is 7. The molecular formula is C25H24FN3O6. The Morgan fingerprint density at radius 1 is 1.11 bits per heavy atom. The summed E-state index contributed by atoms with van der Waals surface area (Å²) in [7, 11) is 1.41. The van der Waals surface area contributed by atoms with Gasteiger partial charge in [-0.1, -0.05) is 18.9 Å². The maximum absolute atomic E-state index is 13.0. The van der Waals surface area contributed by atoms with Gasteiger partial charge in [-0.05, 0) is 60.9 Å². The first-order valence-corrected chi connectivity index (χ1v) is 11.1. The van der Waals surface area contributed by atoms with Crippen LogP contribution in [0.3, 0.4) is 0 Å². The van der Waals surface area contributed by atoms with E-state index in [9.17, 15) is 23.6 Å². The predicted molar refractivity (Wildman–Crippen MR) is 124 cm³/mol. The number of imide groups is 2. The van der Waals surface area contributed by atoms with Crippen molar-refractivity contribution < 1.29 is 33.0 Å². The van der Waals surface area contributed by atoms with Crippen molar-refractivity contribution >= 4 is 35.5 Å². The second-order valence-electron chi connectivity index (χ2n) is 8.18. The van der Waals surface area contributed by atoms with Crippen LogP contribution >= 0.6 is 0 Å². The number of halogens is 1. The van der Waals surface area contributed by atoms with Gasteiger partial charge in [0.05, 0.1) is 7.11 Å². The molecule has 0 unspecified atom stereocenters. The SMILES string of the molecule is COc1cc(/C=C2\C(=O)NC(=O)N(C3CCCC3)C2=O)ccc1OCC(=O)Nc1ccc(F)cc1. The number of hydrogen-bond donors (Lipinski definition) is 2. The van der Waals surface area contributed by atoms with Crippen LogP contribution in [0.5, 0.6) is 11.5 Å². The van der Waals surface area contributed by atoms with Gasteiger partial charge in [-0.15, -0.1) is 0 Å². The third-order valence-corrected chi connectivity index (χ3v) is 5.81. The van der Waals surface area contributed by atoms with E-state index in [0.717, 1.165) is 30.6 Å². The summed E-state index contributed by atoms with van der Waals surface area (Å²) >= 11 is 0. The maximum Gasteiger partial charge on any atom is 0.331 e. The van der Waals surface area contributed by atoms with Crippen molar-refractivity contribution in [2.45, 2.75) is 31.7 Å². The van der Waals surface area contributed by atoms with Gasteiger partial charge < -0.3 is 14.8 Å². The largest absolute Gasteiger partial charge is 0.493 e. The molecule has 1 saturated heterocycles. The number of urea groups is 1. The number of carbonyl (C=O) groups is 4. The van der Waals surface area contributed by atoms with E-state index in [2.05, 4.69) is 10.6 Å². The molecule has 1 aliphatic carbocycles.